The van der Waals surface area contributed by atoms with Crippen molar-refractivity contribution in [2.24, 2.45) is 0 Å². The van der Waals surface area contributed by atoms with Gasteiger partial charge in [-0.25, -0.2) is 0 Å². The van der Waals surface area contributed by atoms with Gasteiger partial charge in [0, 0.05) is 13.2 Å². The summed E-state index contributed by atoms with van der Waals surface area (Å²) in [7, 11) is 1.62. The van der Waals surface area contributed by atoms with Crippen molar-refractivity contribution in [1.29, 1.82) is 0 Å². The highest BCUT2D eigenvalue weighted by molar-refractivity contribution is 5.78. The van der Waals surface area contributed by atoms with Crippen LogP contribution in [-0.2, 0) is 22.5 Å². The minimum Gasteiger partial charge on any atom is -0.493 e. The van der Waals surface area contributed by atoms with E-state index < -0.39 is 0 Å². The van der Waals surface area contributed by atoms with Gasteiger partial charge in [-0.15, -0.1) is 0 Å². The Labute approximate surface area is 160 Å². The van der Waals surface area contributed by atoms with Crippen molar-refractivity contribution in [3.8, 4) is 11.5 Å². The summed E-state index contributed by atoms with van der Waals surface area (Å²) in [6.45, 7) is 3.81. The van der Waals surface area contributed by atoms with E-state index in [-0.39, 0.29) is 12.0 Å². The molecule has 0 bridgehead atoms. The van der Waals surface area contributed by atoms with Crippen LogP contribution in [0.2, 0.25) is 0 Å². The average Bonchev–Trinajstić information content (AvgIpc) is 3.20. The van der Waals surface area contributed by atoms with Crippen LogP contribution in [0.15, 0.2) is 42.5 Å². The molecule has 0 spiro atoms. The molecule has 5 nitrogen and oxygen atoms in total. The fraction of sp³-hybridized carbons (Fsp3) is 0.409. The molecule has 27 heavy (non-hydrogen) atoms. The summed E-state index contributed by atoms with van der Waals surface area (Å²) >= 11 is 0. The van der Waals surface area contributed by atoms with E-state index in [0.29, 0.717) is 31.1 Å². The molecule has 1 unspecified atom stereocenters. The van der Waals surface area contributed by atoms with E-state index in [4.69, 9.17) is 14.2 Å². The normalized spacial score (nSPS) is 16.1. The van der Waals surface area contributed by atoms with E-state index in [1.807, 2.05) is 49.4 Å². The Morgan fingerprint density at radius 1 is 1.22 bits per heavy atom. The lowest BCUT2D eigenvalue weighted by Gasteiger charge is -2.15. The van der Waals surface area contributed by atoms with Gasteiger partial charge in [0.05, 0.1) is 19.6 Å². The third kappa shape index (κ3) is 5.47. The molecule has 0 aliphatic carbocycles. The zero-order valence-electron chi connectivity index (χ0n) is 16.0. The number of amides is 1. The van der Waals surface area contributed by atoms with Crippen LogP contribution >= 0.6 is 0 Å². The van der Waals surface area contributed by atoms with E-state index in [0.717, 1.165) is 36.1 Å². The van der Waals surface area contributed by atoms with Crippen LogP contribution in [0.5, 0.6) is 11.5 Å². The lowest BCUT2D eigenvalue weighted by molar-refractivity contribution is -0.120. The van der Waals surface area contributed by atoms with E-state index in [2.05, 4.69) is 5.32 Å². The molecule has 1 saturated heterocycles. The van der Waals surface area contributed by atoms with Crippen LogP contribution in [0, 0.1) is 6.92 Å². The monoisotopic (exact) mass is 369 g/mol. The molecule has 1 atom stereocenters. The maximum atomic E-state index is 12.2. The van der Waals surface area contributed by atoms with Gasteiger partial charge in [-0.3, -0.25) is 4.79 Å². The second-order valence-electron chi connectivity index (χ2n) is 6.81. The molecule has 3 rings (SSSR count). The lowest BCUT2D eigenvalue weighted by atomic mass is 10.1. The van der Waals surface area contributed by atoms with E-state index >= 15 is 0 Å². The first-order chi connectivity index (χ1) is 13.2. The van der Waals surface area contributed by atoms with Crippen molar-refractivity contribution in [2.45, 2.75) is 38.8 Å². The molecule has 1 aliphatic heterocycles. The Morgan fingerprint density at radius 2 is 2.07 bits per heavy atom. The molecule has 144 valence electrons. The fourth-order valence-corrected chi connectivity index (χ4v) is 3.14. The number of carbonyl (C=O) groups is 1. The number of rotatable bonds is 8. The van der Waals surface area contributed by atoms with Gasteiger partial charge in [0.25, 0.3) is 0 Å². The predicted octanol–water partition coefficient (Wildman–Crippen LogP) is 3.42. The first-order valence-corrected chi connectivity index (χ1v) is 9.38. The molecule has 1 fully saturated rings. The maximum absolute atomic E-state index is 12.2. The predicted molar refractivity (Wildman–Crippen MR) is 104 cm³/mol. The Balaban J connectivity index is 1.53. The second-order valence-corrected chi connectivity index (χ2v) is 6.81. The van der Waals surface area contributed by atoms with Crippen molar-refractivity contribution in [3.05, 3.63) is 59.2 Å². The Morgan fingerprint density at radius 3 is 2.81 bits per heavy atom. The molecular weight excluding hydrogens is 342 g/mol. The molecule has 2 aromatic rings. The lowest BCUT2D eigenvalue weighted by Crippen LogP contribution is -2.24. The quantitative estimate of drug-likeness (QED) is 0.775. The minimum absolute atomic E-state index is 0.00183. The summed E-state index contributed by atoms with van der Waals surface area (Å²) in [5.74, 6) is 1.36. The van der Waals surface area contributed by atoms with E-state index in [9.17, 15) is 4.79 Å². The molecule has 1 amide bonds. The van der Waals surface area contributed by atoms with Crippen molar-refractivity contribution in [3.63, 3.8) is 0 Å². The molecule has 1 N–H and O–H groups in total. The van der Waals surface area contributed by atoms with Crippen molar-refractivity contribution in [2.75, 3.05) is 20.3 Å². The Kier molecular flexibility index (Phi) is 6.71. The number of methoxy groups -OCH3 is 1. The number of nitrogens with one attached hydrogen (secondary N) is 1. The van der Waals surface area contributed by atoms with E-state index in [1.54, 1.807) is 7.11 Å². The van der Waals surface area contributed by atoms with Crippen molar-refractivity contribution in [1.82, 2.24) is 5.32 Å². The van der Waals surface area contributed by atoms with Crippen LogP contribution in [0.25, 0.3) is 0 Å². The van der Waals surface area contributed by atoms with Gasteiger partial charge in [-0.1, -0.05) is 30.3 Å². The number of hydrogen-bond acceptors (Lipinski definition) is 4. The number of aryl methyl sites for hydroxylation is 1. The molecular formula is C22H27NO4. The highest BCUT2D eigenvalue weighted by Crippen LogP contribution is 2.29. The van der Waals surface area contributed by atoms with Gasteiger partial charge in [-0.05, 0) is 48.6 Å². The summed E-state index contributed by atoms with van der Waals surface area (Å²) in [6, 6.07) is 13.7. The average molecular weight is 369 g/mol. The number of benzene rings is 2. The maximum Gasteiger partial charge on any atom is 0.224 e. The third-order valence-electron chi connectivity index (χ3n) is 4.78. The van der Waals surface area contributed by atoms with Crippen molar-refractivity contribution >= 4 is 5.91 Å². The largest absolute Gasteiger partial charge is 0.493 e. The van der Waals surface area contributed by atoms with Gasteiger partial charge < -0.3 is 19.5 Å². The summed E-state index contributed by atoms with van der Waals surface area (Å²) in [4.78, 5) is 12.2. The first kappa shape index (κ1) is 19.2. The summed E-state index contributed by atoms with van der Waals surface area (Å²) in [5, 5.41) is 2.97. The van der Waals surface area contributed by atoms with Crippen molar-refractivity contribution < 1.29 is 19.0 Å². The minimum atomic E-state index is 0.00183. The van der Waals surface area contributed by atoms with Gasteiger partial charge >= 0.3 is 0 Å². The zero-order chi connectivity index (χ0) is 19.1. The van der Waals surface area contributed by atoms with Crippen LogP contribution in [0.1, 0.15) is 29.5 Å². The third-order valence-corrected chi connectivity index (χ3v) is 4.78. The summed E-state index contributed by atoms with van der Waals surface area (Å²) < 4.78 is 16.9. The van der Waals surface area contributed by atoms with Gasteiger partial charge in [0.1, 0.15) is 6.61 Å². The van der Waals surface area contributed by atoms with Crippen LogP contribution < -0.4 is 14.8 Å². The fourth-order valence-electron chi connectivity index (χ4n) is 3.14. The molecule has 0 aromatic heterocycles. The van der Waals surface area contributed by atoms with Crippen LogP contribution in [0.3, 0.4) is 0 Å². The standard InChI is InChI=1S/C22H27NO4/c1-16-6-3-4-7-18(16)13-22(24)23-14-17-9-10-20(21(12-17)25-2)27-15-19-8-5-11-26-19/h3-4,6-7,9-10,12,19H,5,8,11,13-15H2,1-2H3,(H,23,24). The molecule has 1 heterocycles. The zero-order valence-corrected chi connectivity index (χ0v) is 16.0. The summed E-state index contributed by atoms with van der Waals surface area (Å²) in [6.07, 6.45) is 2.67. The smallest absolute Gasteiger partial charge is 0.224 e. The molecule has 5 heteroatoms. The SMILES string of the molecule is COc1cc(CNC(=O)Cc2ccccc2C)ccc1OCC1CCCO1. The molecule has 0 saturated carbocycles. The number of hydrogen-bond donors (Lipinski definition) is 1. The highest BCUT2D eigenvalue weighted by Gasteiger charge is 2.17. The van der Waals surface area contributed by atoms with Gasteiger partial charge in [0.15, 0.2) is 11.5 Å². The topological polar surface area (TPSA) is 56.8 Å². The van der Waals surface area contributed by atoms with Crippen LogP contribution in [0.4, 0.5) is 0 Å². The summed E-state index contributed by atoms with van der Waals surface area (Å²) in [5.41, 5.74) is 3.14. The highest BCUT2D eigenvalue weighted by atomic mass is 16.5. The number of ether oxygens (including phenoxy) is 3. The van der Waals surface area contributed by atoms with Crippen LogP contribution in [-0.4, -0.2) is 32.3 Å². The van der Waals surface area contributed by atoms with Gasteiger partial charge in [-0.2, -0.15) is 0 Å². The molecule has 0 radical (unpaired) electrons. The molecule has 2 aromatic carbocycles. The first-order valence-electron chi connectivity index (χ1n) is 9.38. The van der Waals surface area contributed by atoms with E-state index in [1.165, 1.54) is 0 Å². The second kappa shape index (κ2) is 9.42. The molecule has 1 aliphatic rings. The Bertz CT molecular complexity index is 769. The number of carbonyl (C=O) groups excluding carboxylic acids is 1. The Hall–Kier alpha value is -2.53. The van der Waals surface area contributed by atoms with Gasteiger partial charge in [0.2, 0.25) is 5.91 Å².